The highest BCUT2D eigenvalue weighted by molar-refractivity contribution is 5.69. The van der Waals surface area contributed by atoms with E-state index in [0.717, 1.165) is 25.8 Å². The van der Waals surface area contributed by atoms with Crippen LogP contribution in [0.1, 0.15) is 32.6 Å². The molecule has 0 spiro atoms. The van der Waals surface area contributed by atoms with E-state index in [2.05, 4.69) is 10.1 Å². The van der Waals surface area contributed by atoms with Gasteiger partial charge in [-0.25, -0.2) is 0 Å². The van der Waals surface area contributed by atoms with Gasteiger partial charge in [0.2, 0.25) is 0 Å². The lowest BCUT2D eigenvalue weighted by molar-refractivity contribution is -0.141. The van der Waals surface area contributed by atoms with Gasteiger partial charge in [-0.3, -0.25) is 4.79 Å². The molecule has 0 radical (unpaired) electrons. The van der Waals surface area contributed by atoms with E-state index in [1.165, 1.54) is 7.11 Å². The molecule has 1 saturated carbocycles. The Morgan fingerprint density at radius 1 is 1.60 bits per heavy atom. The monoisotopic (exact) mass is 215 g/mol. The second-order valence-corrected chi connectivity index (χ2v) is 4.42. The van der Waals surface area contributed by atoms with E-state index in [0.29, 0.717) is 12.3 Å². The number of hydrogen-bond acceptors (Lipinski definition) is 4. The number of aliphatic hydroxyl groups excluding tert-OH is 1. The standard InChI is InChI=1S/C11H21NO3/c1-8(5-11(14)15-2)12-7-9-3-4-10(13)6-9/h8-10,12-13H,3-7H2,1-2H3. The average Bonchev–Trinajstić information content (AvgIpc) is 2.61. The molecule has 0 bridgehead atoms. The summed E-state index contributed by atoms with van der Waals surface area (Å²) in [7, 11) is 1.41. The van der Waals surface area contributed by atoms with Gasteiger partial charge in [0.1, 0.15) is 0 Å². The molecule has 0 aromatic rings. The van der Waals surface area contributed by atoms with Crippen LogP contribution in [0, 0.1) is 5.92 Å². The lowest BCUT2D eigenvalue weighted by atomic mass is 10.1. The fourth-order valence-corrected chi connectivity index (χ4v) is 2.01. The summed E-state index contributed by atoms with van der Waals surface area (Å²) in [6.07, 6.45) is 3.17. The molecule has 0 aliphatic heterocycles. The maximum atomic E-state index is 11.0. The topological polar surface area (TPSA) is 58.6 Å². The Morgan fingerprint density at radius 3 is 2.87 bits per heavy atom. The third-order valence-corrected chi connectivity index (χ3v) is 2.97. The summed E-state index contributed by atoms with van der Waals surface area (Å²) in [6, 6.07) is 0.148. The SMILES string of the molecule is COC(=O)CC(C)NCC1CCC(O)C1. The fraction of sp³-hybridized carbons (Fsp3) is 0.909. The number of rotatable bonds is 5. The molecule has 1 rings (SSSR count). The lowest BCUT2D eigenvalue weighted by Crippen LogP contribution is -2.32. The van der Waals surface area contributed by atoms with E-state index < -0.39 is 0 Å². The van der Waals surface area contributed by atoms with Gasteiger partial charge < -0.3 is 15.2 Å². The Hall–Kier alpha value is -0.610. The maximum absolute atomic E-state index is 11.0. The molecule has 15 heavy (non-hydrogen) atoms. The van der Waals surface area contributed by atoms with Crippen LogP contribution in [0.25, 0.3) is 0 Å². The predicted octanol–water partition coefficient (Wildman–Crippen LogP) is 0.689. The van der Waals surface area contributed by atoms with Gasteiger partial charge in [0.25, 0.3) is 0 Å². The van der Waals surface area contributed by atoms with Crippen LogP contribution in [-0.2, 0) is 9.53 Å². The predicted molar refractivity (Wildman–Crippen MR) is 57.4 cm³/mol. The molecule has 3 atom stereocenters. The highest BCUT2D eigenvalue weighted by atomic mass is 16.5. The van der Waals surface area contributed by atoms with Gasteiger partial charge in [0.15, 0.2) is 0 Å². The summed E-state index contributed by atoms with van der Waals surface area (Å²) in [5.74, 6) is 0.376. The smallest absolute Gasteiger partial charge is 0.307 e. The highest BCUT2D eigenvalue weighted by Gasteiger charge is 2.22. The minimum atomic E-state index is -0.179. The number of aliphatic hydroxyl groups is 1. The summed E-state index contributed by atoms with van der Waals surface area (Å²) in [5, 5.41) is 12.6. The quantitative estimate of drug-likeness (QED) is 0.662. The summed E-state index contributed by atoms with van der Waals surface area (Å²) >= 11 is 0. The zero-order chi connectivity index (χ0) is 11.3. The van der Waals surface area contributed by atoms with E-state index >= 15 is 0 Å². The van der Waals surface area contributed by atoms with Gasteiger partial charge in [-0.2, -0.15) is 0 Å². The Kier molecular flexibility index (Phi) is 5.05. The van der Waals surface area contributed by atoms with Crippen LogP contribution in [0.3, 0.4) is 0 Å². The molecule has 0 saturated heterocycles. The van der Waals surface area contributed by atoms with Crippen molar-refractivity contribution in [2.75, 3.05) is 13.7 Å². The second kappa shape index (κ2) is 6.08. The Balaban J connectivity index is 2.11. The minimum Gasteiger partial charge on any atom is -0.469 e. The number of carbonyl (C=O) groups is 1. The van der Waals surface area contributed by atoms with Crippen LogP contribution in [0.5, 0.6) is 0 Å². The molecule has 1 aliphatic rings. The first-order chi connectivity index (χ1) is 7.11. The van der Waals surface area contributed by atoms with Crippen molar-refractivity contribution >= 4 is 5.97 Å². The van der Waals surface area contributed by atoms with Crippen molar-refractivity contribution in [1.82, 2.24) is 5.32 Å². The number of hydrogen-bond donors (Lipinski definition) is 2. The summed E-state index contributed by atoms with van der Waals surface area (Å²) < 4.78 is 4.59. The van der Waals surface area contributed by atoms with E-state index in [1.807, 2.05) is 6.92 Å². The van der Waals surface area contributed by atoms with Crippen LogP contribution in [0.4, 0.5) is 0 Å². The molecule has 4 heteroatoms. The first kappa shape index (κ1) is 12.5. The third-order valence-electron chi connectivity index (χ3n) is 2.97. The van der Waals surface area contributed by atoms with Crippen molar-refractivity contribution in [2.24, 2.45) is 5.92 Å². The molecule has 1 fully saturated rings. The molecule has 3 unspecified atom stereocenters. The fourth-order valence-electron chi connectivity index (χ4n) is 2.01. The zero-order valence-electron chi connectivity index (χ0n) is 9.53. The van der Waals surface area contributed by atoms with E-state index in [-0.39, 0.29) is 18.1 Å². The van der Waals surface area contributed by atoms with Crippen molar-refractivity contribution < 1.29 is 14.6 Å². The summed E-state index contributed by atoms with van der Waals surface area (Å²) in [5.41, 5.74) is 0. The maximum Gasteiger partial charge on any atom is 0.307 e. The highest BCUT2D eigenvalue weighted by Crippen LogP contribution is 2.24. The Labute approximate surface area is 91.0 Å². The number of ether oxygens (including phenoxy) is 1. The van der Waals surface area contributed by atoms with Crippen LogP contribution in [-0.4, -0.2) is 36.9 Å². The molecule has 2 N–H and O–H groups in total. The largest absolute Gasteiger partial charge is 0.469 e. The van der Waals surface area contributed by atoms with Gasteiger partial charge in [-0.1, -0.05) is 0 Å². The number of esters is 1. The van der Waals surface area contributed by atoms with Crippen molar-refractivity contribution in [1.29, 1.82) is 0 Å². The Bertz CT molecular complexity index is 208. The van der Waals surface area contributed by atoms with E-state index in [1.54, 1.807) is 0 Å². The normalized spacial score (nSPS) is 27.7. The van der Waals surface area contributed by atoms with E-state index in [9.17, 15) is 9.90 Å². The molecule has 0 heterocycles. The van der Waals surface area contributed by atoms with Gasteiger partial charge in [-0.05, 0) is 38.6 Å². The van der Waals surface area contributed by atoms with Crippen molar-refractivity contribution in [2.45, 2.75) is 44.8 Å². The first-order valence-corrected chi connectivity index (χ1v) is 5.60. The molecule has 4 nitrogen and oxygen atoms in total. The van der Waals surface area contributed by atoms with Gasteiger partial charge in [0, 0.05) is 6.04 Å². The van der Waals surface area contributed by atoms with Gasteiger partial charge in [-0.15, -0.1) is 0 Å². The van der Waals surface area contributed by atoms with Crippen LogP contribution < -0.4 is 5.32 Å². The minimum absolute atomic E-state index is 0.118. The van der Waals surface area contributed by atoms with Crippen molar-refractivity contribution in [3.63, 3.8) is 0 Å². The molecule has 88 valence electrons. The summed E-state index contributed by atoms with van der Waals surface area (Å²) in [4.78, 5) is 11.0. The molecule has 1 aliphatic carbocycles. The lowest BCUT2D eigenvalue weighted by Gasteiger charge is -2.16. The molecule has 0 aromatic heterocycles. The van der Waals surface area contributed by atoms with E-state index in [4.69, 9.17) is 0 Å². The van der Waals surface area contributed by atoms with Crippen LogP contribution in [0.2, 0.25) is 0 Å². The molecule has 0 amide bonds. The van der Waals surface area contributed by atoms with Crippen LogP contribution >= 0.6 is 0 Å². The number of nitrogens with one attached hydrogen (secondary N) is 1. The van der Waals surface area contributed by atoms with Crippen molar-refractivity contribution in [3.8, 4) is 0 Å². The molecule has 0 aromatic carbocycles. The second-order valence-electron chi connectivity index (χ2n) is 4.42. The summed E-state index contributed by atoms with van der Waals surface area (Å²) in [6.45, 7) is 2.86. The zero-order valence-corrected chi connectivity index (χ0v) is 9.53. The number of methoxy groups -OCH3 is 1. The van der Waals surface area contributed by atoms with Gasteiger partial charge in [0.05, 0.1) is 19.6 Å². The van der Waals surface area contributed by atoms with Gasteiger partial charge >= 0.3 is 5.97 Å². The molecular formula is C11H21NO3. The van der Waals surface area contributed by atoms with Crippen molar-refractivity contribution in [3.05, 3.63) is 0 Å². The Morgan fingerprint density at radius 2 is 2.33 bits per heavy atom. The first-order valence-electron chi connectivity index (χ1n) is 5.60. The number of carbonyl (C=O) groups excluding carboxylic acids is 1. The average molecular weight is 215 g/mol. The third kappa shape index (κ3) is 4.62. The molecular weight excluding hydrogens is 194 g/mol. The van der Waals surface area contributed by atoms with Crippen LogP contribution in [0.15, 0.2) is 0 Å².